The molecule has 15 nitrogen and oxygen atoms in total. The van der Waals surface area contributed by atoms with Gasteiger partial charge in [-0.05, 0) is 38.3 Å². The van der Waals surface area contributed by atoms with Gasteiger partial charge in [0.25, 0.3) is 5.91 Å². The van der Waals surface area contributed by atoms with E-state index in [1.54, 1.807) is 7.11 Å². The van der Waals surface area contributed by atoms with Crippen molar-refractivity contribution in [2.45, 2.75) is 81.5 Å². The summed E-state index contributed by atoms with van der Waals surface area (Å²) in [5, 5.41) is 55.8. The number of likely N-dealkylation sites (tertiary alicyclic amines) is 1. The summed E-state index contributed by atoms with van der Waals surface area (Å²) in [6.07, 6.45) is -2.85. The summed E-state index contributed by atoms with van der Waals surface area (Å²) in [5.41, 5.74) is 6.46. The van der Waals surface area contributed by atoms with Crippen molar-refractivity contribution in [3.63, 3.8) is 0 Å². The monoisotopic (exact) mass is 675 g/mol. The summed E-state index contributed by atoms with van der Waals surface area (Å²) in [6, 6.07) is 2.83. The number of aliphatic hydroxyl groups is 5. The lowest BCUT2D eigenvalue weighted by Gasteiger charge is -2.38. The largest absolute Gasteiger partial charge is 0.496 e. The molecule has 1 fully saturated rings. The molecule has 2 rings (SSSR count). The quantitative estimate of drug-likeness (QED) is 0.0583. The number of carbonyl (C=O) groups is 3. The maximum absolute atomic E-state index is 13.0. The van der Waals surface area contributed by atoms with E-state index in [2.05, 4.69) is 20.9 Å². The summed E-state index contributed by atoms with van der Waals surface area (Å²) in [4.78, 5) is 39.4. The zero-order valence-corrected chi connectivity index (χ0v) is 27.2. The highest BCUT2D eigenvalue weighted by Gasteiger charge is 2.32. The number of unbranched alkanes of at least 4 members (excludes halogenated alkanes) is 2. The number of anilines is 1. The molecule has 1 aromatic rings. The number of hydrogen-bond acceptors (Lipinski definition) is 12. The van der Waals surface area contributed by atoms with Gasteiger partial charge in [0, 0.05) is 52.2 Å². The van der Waals surface area contributed by atoms with E-state index < -0.39 is 36.9 Å². The Morgan fingerprint density at radius 3 is 2.35 bits per heavy atom. The molecule has 1 saturated heterocycles. The first kappa shape index (κ1) is 39.4. The van der Waals surface area contributed by atoms with Gasteiger partial charge in [-0.15, -0.1) is 0 Å². The molecule has 0 bridgehead atoms. The number of halogens is 1. The summed E-state index contributed by atoms with van der Waals surface area (Å²) in [7, 11) is 3.08. The molecule has 262 valence electrons. The number of nitrogens with one attached hydrogen (secondary N) is 3. The highest BCUT2D eigenvalue weighted by atomic mass is 35.5. The molecule has 0 aliphatic carbocycles. The van der Waals surface area contributed by atoms with E-state index in [9.17, 15) is 34.8 Å². The minimum absolute atomic E-state index is 0.0810. The maximum Gasteiger partial charge on any atom is 0.255 e. The molecule has 46 heavy (non-hydrogen) atoms. The lowest BCUT2D eigenvalue weighted by Crippen LogP contribution is -2.54. The van der Waals surface area contributed by atoms with Crippen molar-refractivity contribution in [1.82, 2.24) is 20.9 Å². The van der Waals surface area contributed by atoms with Crippen LogP contribution in [-0.2, 0) is 14.3 Å². The van der Waals surface area contributed by atoms with Crippen molar-refractivity contribution in [1.29, 1.82) is 0 Å². The van der Waals surface area contributed by atoms with Crippen molar-refractivity contribution in [2.24, 2.45) is 0 Å². The zero-order valence-electron chi connectivity index (χ0n) is 26.5. The molecule has 3 amide bonds. The first-order chi connectivity index (χ1) is 21.9. The maximum atomic E-state index is 13.0. The van der Waals surface area contributed by atoms with E-state index >= 15 is 0 Å². The standard InChI is InChI=1S/C30H50ClN5O10/c1-45-24-14-20(32)19(31)13-18(24)30(44)35-21-9-12-36(16-25(21)46-2)11-5-3-4-7-26(40)33-10-6-8-27(41)34-15-22(38)28(42)29(43)23(39)17-37/h13-14,21-23,25,28-29,37-39,42-43H,3-12,15-17,32H2,1-2H3,(H,33,40)(H,34,41)(H,35,44)/t21-,22+,23-,25+,28-,29-/m1/s1. The molecule has 0 unspecified atom stereocenters. The summed E-state index contributed by atoms with van der Waals surface area (Å²) in [5.74, 6) is -0.488. The first-order valence-electron chi connectivity index (χ1n) is 15.5. The van der Waals surface area contributed by atoms with Gasteiger partial charge < -0.3 is 61.6 Å². The van der Waals surface area contributed by atoms with Crippen LogP contribution in [0.4, 0.5) is 5.69 Å². The molecule has 1 aromatic carbocycles. The van der Waals surface area contributed by atoms with Gasteiger partial charge in [0.1, 0.15) is 24.1 Å². The van der Waals surface area contributed by atoms with E-state index in [1.165, 1.54) is 19.2 Å². The predicted octanol–water partition coefficient (Wildman–Crippen LogP) is -1.24. The normalized spacial score (nSPS) is 19.5. The topological polar surface area (TPSA) is 236 Å². The minimum Gasteiger partial charge on any atom is -0.496 e. The van der Waals surface area contributed by atoms with Crippen LogP contribution >= 0.6 is 11.6 Å². The number of methoxy groups -OCH3 is 2. The Bertz CT molecular complexity index is 1120. The SMILES string of the molecule is COc1cc(N)c(Cl)cc1C(=O)N[C@@H]1CCN(CCCCCC(=O)NCCCC(=O)NC[C@H](O)[C@@H](O)[C@H](O)[C@H](O)CO)C[C@@H]1OC. The second kappa shape index (κ2) is 20.5. The number of hydrogen-bond donors (Lipinski definition) is 9. The zero-order chi connectivity index (χ0) is 34.2. The Kier molecular flexibility index (Phi) is 17.5. The number of amides is 3. The number of piperidine rings is 1. The van der Waals surface area contributed by atoms with Gasteiger partial charge in [0.15, 0.2) is 0 Å². The van der Waals surface area contributed by atoms with Crippen LogP contribution in [-0.4, -0.2) is 138 Å². The lowest BCUT2D eigenvalue weighted by atomic mass is 10.00. The van der Waals surface area contributed by atoms with Gasteiger partial charge in [0.05, 0.1) is 48.2 Å². The first-order valence-corrected chi connectivity index (χ1v) is 15.8. The van der Waals surface area contributed by atoms with E-state index in [1.807, 2.05) is 0 Å². The molecule has 1 aliphatic rings. The van der Waals surface area contributed by atoms with Crippen LogP contribution in [0.2, 0.25) is 5.02 Å². The van der Waals surface area contributed by atoms with Gasteiger partial charge in [-0.3, -0.25) is 14.4 Å². The fraction of sp³-hybridized carbons (Fsp3) is 0.700. The van der Waals surface area contributed by atoms with Crippen LogP contribution < -0.4 is 26.4 Å². The Morgan fingerprint density at radius 1 is 1.00 bits per heavy atom. The molecular formula is C30H50ClN5O10. The van der Waals surface area contributed by atoms with Gasteiger partial charge in [-0.25, -0.2) is 0 Å². The lowest BCUT2D eigenvalue weighted by molar-refractivity contribution is -0.126. The third-order valence-electron chi connectivity index (χ3n) is 7.94. The molecule has 0 spiro atoms. The molecule has 1 heterocycles. The van der Waals surface area contributed by atoms with E-state index in [0.717, 1.165) is 32.4 Å². The van der Waals surface area contributed by atoms with Gasteiger partial charge in [-0.1, -0.05) is 18.0 Å². The third-order valence-corrected chi connectivity index (χ3v) is 8.27. The van der Waals surface area contributed by atoms with E-state index in [4.69, 9.17) is 31.9 Å². The number of carbonyl (C=O) groups excluding carboxylic acids is 3. The Morgan fingerprint density at radius 2 is 1.67 bits per heavy atom. The number of benzene rings is 1. The van der Waals surface area contributed by atoms with Crippen LogP contribution in [0.25, 0.3) is 0 Å². The number of nitrogens with zero attached hydrogens (tertiary/aromatic N) is 1. The smallest absolute Gasteiger partial charge is 0.255 e. The van der Waals surface area contributed by atoms with Crippen LogP contribution in [0, 0.1) is 0 Å². The van der Waals surface area contributed by atoms with Crippen molar-refractivity contribution < 1.29 is 49.4 Å². The Hall–Kier alpha value is -2.76. The van der Waals surface area contributed by atoms with Gasteiger partial charge in [0.2, 0.25) is 11.8 Å². The number of nitrogen functional groups attached to an aromatic ring is 1. The van der Waals surface area contributed by atoms with Crippen LogP contribution in [0.1, 0.15) is 55.3 Å². The Balaban J connectivity index is 1.58. The average molecular weight is 676 g/mol. The van der Waals surface area contributed by atoms with E-state index in [0.29, 0.717) is 49.4 Å². The molecule has 0 saturated carbocycles. The fourth-order valence-electron chi connectivity index (χ4n) is 5.10. The molecular weight excluding hydrogens is 626 g/mol. The van der Waals surface area contributed by atoms with Crippen LogP contribution in [0.15, 0.2) is 12.1 Å². The van der Waals surface area contributed by atoms with Gasteiger partial charge in [-0.2, -0.15) is 0 Å². The minimum atomic E-state index is -1.76. The predicted molar refractivity (Wildman–Crippen MR) is 170 cm³/mol. The second-order valence-corrected chi connectivity index (χ2v) is 11.8. The number of ether oxygens (including phenoxy) is 2. The van der Waals surface area contributed by atoms with Crippen molar-refractivity contribution in [3.05, 3.63) is 22.7 Å². The van der Waals surface area contributed by atoms with E-state index in [-0.39, 0.29) is 41.9 Å². The highest BCUT2D eigenvalue weighted by Crippen LogP contribution is 2.29. The molecule has 16 heteroatoms. The average Bonchev–Trinajstić information content (AvgIpc) is 3.05. The second-order valence-electron chi connectivity index (χ2n) is 11.4. The Labute approximate surface area is 274 Å². The molecule has 0 aromatic heterocycles. The molecule has 0 radical (unpaired) electrons. The summed E-state index contributed by atoms with van der Waals surface area (Å²) >= 11 is 6.12. The van der Waals surface area contributed by atoms with Crippen molar-refractivity contribution in [3.8, 4) is 5.75 Å². The van der Waals surface area contributed by atoms with Crippen molar-refractivity contribution in [2.75, 3.05) is 59.3 Å². The number of aliphatic hydroxyl groups excluding tert-OH is 5. The summed E-state index contributed by atoms with van der Waals surface area (Å²) < 4.78 is 11.0. The van der Waals surface area contributed by atoms with Crippen LogP contribution in [0.5, 0.6) is 5.75 Å². The number of rotatable bonds is 20. The van der Waals surface area contributed by atoms with Crippen LogP contribution in [0.3, 0.4) is 0 Å². The van der Waals surface area contributed by atoms with Crippen molar-refractivity contribution >= 4 is 35.0 Å². The highest BCUT2D eigenvalue weighted by molar-refractivity contribution is 6.33. The summed E-state index contributed by atoms with van der Waals surface area (Å²) in [6.45, 7) is 1.45. The molecule has 1 aliphatic heterocycles. The van der Waals surface area contributed by atoms with Gasteiger partial charge >= 0.3 is 0 Å². The molecule has 10 N–H and O–H groups in total. The third kappa shape index (κ3) is 12.8. The number of nitrogens with two attached hydrogens (primary N) is 1. The fourth-order valence-corrected chi connectivity index (χ4v) is 5.27. The molecule has 6 atom stereocenters.